The van der Waals surface area contributed by atoms with Gasteiger partial charge in [-0.15, -0.1) is 0 Å². The van der Waals surface area contributed by atoms with Gasteiger partial charge in [-0.3, -0.25) is 9.59 Å². The maximum absolute atomic E-state index is 13.8. The molecule has 0 spiro atoms. The number of carbonyl (C=O) groups is 2. The van der Waals surface area contributed by atoms with Crippen LogP contribution in [0.3, 0.4) is 0 Å². The zero-order chi connectivity index (χ0) is 22.5. The van der Waals surface area contributed by atoms with E-state index in [4.69, 9.17) is 19.9 Å². The lowest BCUT2D eigenvalue weighted by Crippen LogP contribution is -2.26. The summed E-state index contributed by atoms with van der Waals surface area (Å²) in [6.45, 7) is 0.751. The first-order valence-electron chi connectivity index (χ1n) is 9.97. The summed E-state index contributed by atoms with van der Waals surface area (Å²) in [6, 6.07) is 15.9. The number of ether oxygens (including phenoxy) is 3. The van der Waals surface area contributed by atoms with Gasteiger partial charge in [0.05, 0.1) is 6.61 Å². The number of hydrogen-bond acceptors (Lipinski definition) is 5. The molecule has 32 heavy (non-hydrogen) atoms. The molecule has 3 N–H and O–H groups in total. The van der Waals surface area contributed by atoms with E-state index in [1.54, 1.807) is 48.5 Å². The monoisotopic (exact) mass is 436 g/mol. The fraction of sp³-hybridized carbons (Fsp3) is 0.167. The van der Waals surface area contributed by atoms with Gasteiger partial charge in [0.25, 0.3) is 5.91 Å². The van der Waals surface area contributed by atoms with Gasteiger partial charge in [-0.2, -0.15) is 0 Å². The van der Waals surface area contributed by atoms with E-state index in [1.165, 1.54) is 12.1 Å². The second kappa shape index (κ2) is 9.49. The third kappa shape index (κ3) is 5.04. The van der Waals surface area contributed by atoms with Crippen molar-refractivity contribution in [3.05, 3.63) is 88.7 Å². The maximum Gasteiger partial charge on any atom is 0.251 e. The predicted octanol–water partition coefficient (Wildman–Crippen LogP) is 3.56. The third-order valence-electron chi connectivity index (χ3n) is 4.92. The lowest BCUT2D eigenvalue weighted by Gasteiger charge is -2.21. The SMILES string of the molecule is NC(=O)c1ccc(Oc2ccc(C(=O)NCCc3cc(F)cc4c3OCOC4)cc2)cc1. The van der Waals surface area contributed by atoms with E-state index in [9.17, 15) is 14.0 Å². The molecule has 4 rings (SSSR count). The molecule has 7 nitrogen and oxygen atoms in total. The second-order valence-corrected chi connectivity index (χ2v) is 7.18. The van der Waals surface area contributed by atoms with Gasteiger partial charge < -0.3 is 25.3 Å². The summed E-state index contributed by atoms with van der Waals surface area (Å²) in [5.41, 5.74) is 7.43. The number of carbonyl (C=O) groups excluding carboxylic acids is 2. The molecule has 0 bridgehead atoms. The minimum Gasteiger partial charge on any atom is -0.467 e. The highest BCUT2D eigenvalue weighted by Gasteiger charge is 2.17. The van der Waals surface area contributed by atoms with Crippen LogP contribution in [0.2, 0.25) is 0 Å². The van der Waals surface area contributed by atoms with Gasteiger partial charge in [-0.1, -0.05) is 0 Å². The molecule has 0 saturated heterocycles. The van der Waals surface area contributed by atoms with Crippen LogP contribution in [0.25, 0.3) is 0 Å². The van der Waals surface area contributed by atoms with Gasteiger partial charge in [0.2, 0.25) is 5.91 Å². The number of fused-ring (bicyclic) bond motifs is 1. The molecule has 1 heterocycles. The zero-order valence-corrected chi connectivity index (χ0v) is 17.1. The molecule has 2 amide bonds. The summed E-state index contributed by atoms with van der Waals surface area (Å²) in [5, 5.41) is 2.83. The van der Waals surface area contributed by atoms with Crippen LogP contribution in [0.5, 0.6) is 17.2 Å². The van der Waals surface area contributed by atoms with Crippen LogP contribution in [0.1, 0.15) is 31.8 Å². The summed E-state index contributed by atoms with van der Waals surface area (Å²) < 4.78 is 30.2. The number of nitrogens with two attached hydrogens (primary N) is 1. The standard InChI is InChI=1S/C24H21FN2O5/c25-19-11-17(22-18(12-19)13-30-14-31-22)9-10-27-24(29)16-3-7-21(8-4-16)32-20-5-1-15(2-6-20)23(26)28/h1-8,11-12H,9-10,13-14H2,(H2,26,28)(H,27,29). The summed E-state index contributed by atoms with van der Waals surface area (Å²) >= 11 is 0. The van der Waals surface area contributed by atoms with Gasteiger partial charge in [0.15, 0.2) is 6.79 Å². The van der Waals surface area contributed by atoms with Crippen LogP contribution in [-0.2, 0) is 17.8 Å². The first kappa shape index (κ1) is 21.3. The Kier molecular flexibility index (Phi) is 6.32. The molecule has 164 valence electrons. The maximum atomic E-state index is 13.8. The zero-order valence-electron chi connectivity index (χ0n) is 17.1. The van der Waals surface area contributed by atoms with Gasteiger partial charge in [0.1, 0.15) is 23.1 Å². The van der Waals surface area contributed by atoms with Crippen molar-refractivity contribution in [3.63, 3.8) is 0 Å². The number of halogens is 1. The van der Waals surface area contributed by atoms with Gasteiger partial charge >= 0.3 is 0 Å². The molecule has 1 aliphatic heterocycles. The Morgan fingerprint density at radius 1 is 1.00 bits per heavy atom. The first-order chi connectivity index (χ1) is 15.5. The Labute approximate surface area is 183 Å². The minimum atomic E-state index is -0.509. The van der Waals surface area contributed by atoms with Crippen molar-refractivity contribution >= 4 is 11.8 Å². The number of rotatable bonds is 7. The lowest BCUT2D eigenvalue weighted by atomic mass is 10.1. The van der Waals surface area contributed by atoms with E-state index in [2.05, 4.69) is 5.32 Å². The van der Waals surface area contributed by atoms with Crippen molar-refractivity contribution in [2.75, 3.05) is 13.3 Å². The molecule has 0 fully saturated rings. The number of amides is 2. The Hall–Kier alpha value is -3.91. The molecule has 1 aliphatic rings. The molecule has 0 unspecified atom stereocenters. The number of benzene rings is 3. The molecule has 0 atom stereocenters. The molecule has 3 aromatic rings. The van der Waals surface area contributed by atoms with Crippen molar-refractivity contribution < 1.29 is 28.2 Å². The number of hydrogen-bond donors (Lipinski definition) is 2. The van der Waals surface area contributed by atoms with Crippen LogP contribution in [0.15, 0.2) is 60.7 Å². The topological polar surface area (TPSA) is 99.9 Å². The van der Waals surface area contributed by atoms with E-state index in [0.717, 1.165) is 0 Å². The Bertz CT molecular complexity index is 1130. The van der Waals surface area contributed by atoms with Crippen LogP contribution in [0.4, 0.5) is 4.39 Å². The fourth-order valence-electron chi connectivity index (χ4n) is 3.35. The van der Waals surface area contributed by atoms with Crippen molar-refractivity contribution in [1.29, 1.82) is 0 Å². The quantitative estimate of drug-likeness (QED) is 0.590. The van der Waals surface area contributed by atoms with Gasteiger partial charge in [0, 0.05) is 23.2 Å². The summed E-state index contributed by atoms with van der Waals surface area (Å²) in [5.74, 6) is 0.580. The minimum absolute atomic E-state index is 0.127. The Morgan fingerprint density at radius 2 is 1.66 bits per heavy atom. The number of nitrogens with one attached hydrogen (secondary N) is 1. The number of primary amides is 1. The highest BCUT2D eigenvalue weighted by molar-refractivity contribution is 5.94. The molecular weight excluding hydrogens is 415 g/mol. The molecule has 0 aromatic heterocycles. The van der Waals surface area contributed by atoms with Crippen molar-refractivity contribution in [3.8, 4) is 17.2 Å². The normalized spacial score (nSPS) is 12.4. The van der Waals surface area contributed by atoms with Crippen molar-refractivity contribution in [2.45, 2.75) is 13.0 Å². The van der Waals surface area contributed by atoms with Crippen molar-refractivity contribution in [2.24, 2.45) is 5.73 Å². The molecule has 0 aliphatic carbocycles. The van der Waals surface area contributed by atoms with Crippen LogP contribution in [-0.4, -0.2) is 25.2 Å². The third-order valence-corrected chi connectivity index (χ3v) is 4.92. The average molecular weight is 436 g/mol. The Balaban J connectivity index is 1.32. The van der Waals surface area contributed by atoms with Gasteiger partial charge in [-0.05, 0) is 72.6 Å². The van der Waals surface area contributed by atoms with E-state index in [1.807, 2.05) is 0 Å². The molecular formula is C24H21FN2O5. The summed E-state index contributed by atoms with van der Waals surface area (Å²) in [4.78, 5) is 23.6. The smallest absolute Gasteiger partial charge is 0.251 e. The molecule has 8 heteroatoms. The highest BCUT2D eigenvalue weighted by atomic mass is 19.1. The fourth-order valence-corrected chi connectivity index (χ4v) is 3.35. The van der Waals surface area contributed by atoms with Crippen LogP contribution in [0, 0.1) is 5.82 Å². The second-order valence-electron chi connectivity index (χ2n) is 7.18. The van der Waals surface area contributed by atoms with E-state index >= 15 is 0 Å². The van der Waals surface area contributed by atoms with E-state index in [-0.39, 0.29) is 18.5 Å². The Morgan fingerprint density at radius 3 is 2.31 bits per heavy atom. The largest absolute Gasteiger partial charge is 0.467 e. The summed E-state index contributed by atoms with van der Waals surface area (Å²) in [6.07, 6.45) is 0.425. The first-order valence-corrected chi connectivity index (χ1v) is 9.97. The molecule has 0 saturated carbocycles. The van der Waals surface area contributed by atoms with Crippen LogP contribution >= 0.6 is 0 Å². The van der Waals surface area contributed by atoms with Gasteiger partial charge in [-0.25, -0.2) is 4.39 Å². The molecule has 3 aromatic carbocycles. The van der Waals surface area contributed by atoms with Crippen molar-refractivity contribution in [1.82, 2.24) is 5.32 Å². The summed E-state index contributed by atoms with van der Waals surface area (Å²) in [7, 11) is 0. The average Bonchev–Trinajstić information content (AvgIpc) is 2.79. The lowest BCUT2D eigenvalue weighted by molar-refractivity contribution is -0.0172. The van der Waals surface area contributed by atoms with E-state index < -0.39 is 5.91 Å². The van der Waals surface area contributed by atoms with E-state index in [0.29, 0.717) is 59.1 Å². The predicted molar refractivity (Wildman–Crippen MR) is 114 cm³/mol. The van der Waals surface area contributed by atoms with Crippen LogP contribution < -0.4 is 20.5 Å². The molecule has 0 radical (unpaired) electrons. The highest BCUT2D eigenvalue weighted by Crippen LogP contribution is 2.29.